The van der Waals surface area contributed by atoms with Crippen molar-refractivity contribution in [1.82, 2.24) is 0 Å². The Hall–Kier alpha value is -1.64. The van der Waals surface area contributed by atoms with E-state index in [1.807, 2.05) is 0 Å². The quantitative estimate of drug-likeness (QED) is 0.527. The lowest BCUT2D eigenvalue weighted by molar-refractivity contribution is -0.137. The molecule has 0 saturated carbocycles. The fourth-order valence-electron chi connectivity index (χ4n) is 3.55. The minimum Gasteiger partial charge on any atom is -0.368 e. The highest BCUT2D eigenvalue weighted by Crippen LogP contribution is 2.30. The van der Waals surface area contributed by atoms with E-state index in [2.05, 4.69) is 62.4 Å². The van der Waals surface area contributed by atoms with Crippen molar-refractivity contribution in [1.29, 1.82) is 0 Å². The van der Waals surface area contributed by atoms with Crippen molar-refractivity contribution in [2.24, 2.45) is 0 Å². The van der Waals surface area contributed by atoms with Crippen molar-refractivity contribution >= 4 is 0 Å². The normalized spacial score (nSPS) is 20.2. The number of unbranched alkanes of at least 4 members (excludes halogenated alkanes) is 2. The molecule has 2 heteroatoms. The Morgan fingerprint density at radius 3 is 1.58 bits per heavy atom. The second-order valence-corrected chi connectivity index (χ2v) is 7.33. The predicted molar refractivity (Wildman–Crippen MR) is 107 cm³/mol. The van der Waals surface area contributed by atoms with E-state index in [0.29, 0.717) is 13.2 Å². The number of rotatable bonds is 8. The number of hydrogen-bond acceptors (Lipinski definition) is 2. The molecule has 2 aromatic carbocycles. The van der Waals surface area contributed by atoms with E-state index in [9.17, 15) is 0 Å². The van der Waals surface area contributed by atoms with E-state index in [1.165, 1.54) is 54.4 Å². The summed E-state index contributed by atoms with van der Waals surface area (Å²) >= 11 is 0. The summed E-state index contributed by atoms with van der Waals surface area (Å²) in [5.74, 6) is 0. The molecule has 2 nitrogen and oxygen atoms in total. The van der Waals surface area contributed by atoms with Gasteiger partial charge in [0.15, 0.2) is 0 Å². The van der Waals surface area contributed by atoms with Gasteiger partial charge in [-0.25, -0.2) is 0 Å². The molecule has 0 spiro atoms. The topological polar surface area (TPSA) is 18.5 Å². The molecule has 0 radical (unpaired) electrons. The molecule has 1 aliphatic rings. The average Bonchev–Trinajstić information content (AvgIpc) is 2.70. The van der Waals surface area contributed by atoms with Crippen LogP contribution >= 0.6 is 0 Å². The van der Waals surface area contributed by atoms with E-state index >= 15 is 0 Å². The molecule has 140 valence electrons. The van der Waals surface area contributed by atoms with Crippen LogP contribution in [-0.4, -0.2) is 13.2 Å². The predicted octanol–water partition coefficient (Wildman–Crippen LogP) is 6.20. The molecule has 1 fully saturated rings. The zero-order valence-electron chi connectivity index (χ0n) is 16.2. The van der Waals surface area contributed by atoms with Gasteiger partial charge in [0.25, 0.3) is 0 Å². The second kappa shape index (κ2) is 9.89. The molecule has 0 N–H and O–H groups in total. The van der Waals surface area contributed by atoms with E-state index in [1.54, 1.807) is 0 Å². The highest BCUT2D eigenvalue weighted by atomic mass is 16.6. The van der Waals surface area contributed by atoms with Crippen LogP contribution in [0.15, 0.2) is 48.5 Å². The Morgan fingerprint density at radius 1 is 0.654 bits per heavy atom. The van der Waals surface area contributed by atoms with Gasteiger partial charge < -0.3 is 9.47 Å². The summed E-state index contributed by atoms with van der Waals surface area (Å²) < 4.78 is 12.2. The van der Waals surface area contributed by atoms with Gasteiger partial charge in [0, 0.05) is 0 Å². The maximum atomic E-state index is 6.12. The third kappa shape index (κ3) is 5.18. The van der Waals surface area contributed by atoms with E-state index in [-0.39, 0.29) is 12.2 Å². The van der Waals surface area contributed by atoms with Crippen LogP contribution in [0.5, 0.6) is 0 Å². The van der Waals surface area contributed by atoms with Gasteiger partial charge in [-0.3, -0.25) is 0 Å². The smallest absolute Gasteiger partial charge is 0.106 e. The van der Waals surface area contributed by atoms with Gasteiger partial charge in [-0.05, 0) is 41.5 Å². The number of aryl methyl sites for hydroxylation is 2. The van der Waals surface area contributed by atoms with E-state index in [0.717, 1.165) is 6.42 Å². The Balaban J connectivity index is 1.51. The summed E-state index contributed by atoms with van der Waals surface area (Å²) in [4.78, 5) is 0. The minimum atomic E-state index is 0.0512. The Kier molecular flexibility index (Phi) is 7.28. The SMILES string of the molecule is CCCCCc1ccc([C@@H]2CO[C@@H](c3ccc(CCC)cc3)CO2)cc1. The first-order valence-corrected chi connectivity index (χ1v) is 10.2. The molecule has 1 heterocycles. The van der Waals surface area contributed by atoms with Gasteiger partial charge in [-0.1, -0.05) is 81.6 Å². The molecule has 0 amide bonds. The average molecular weight is 353 g/mol. The van der Waals surface area contributed by atoms with Crippen molar-refractivity contribution < 1.29 is 9.47 Å². The second-order valence-electron chi connectivity index (χ2n) is 7.33. The number of ether oxygens (including phenoxy) is 2. The minimum absolute atomic E-state index is 0.0512. The largest absolute Gasteiger partial charge is 0.368 e. The molecular formula is C24H32O2. The van der Waals surface area contributed by atoms with Crippen molar-refractivity contribution in [2.45, 2.75) is 64.6 Å². The lowest BCUT2D eigenvalue weighted by atomic mass is 10.0. The Morgan fingerprint density at radius 2 is 1.15 bits per heavy atom. The summed E-state index contributed by atoms with van der Waals surface area (Å²) in [6.45, 7) is 5.70. The van der Waals surface area contributed by atoms with Crippen LogP contribution in [0.1, 0.15) is 74.0 Å². The Bertz CT molecular complexity index is 637. The summed E-state index contributed by atoms with van der Waals surface area (Å²) in [5.41, 5.74) is 5.25. The maximum absolute atomic E-state index is 6.12. The fourth-order valence-corrected chi connectivity index (χ4v) is 3.55. The lowest BCUT2D eigenvalue weighted by Gasteiger charge is -2.30. The van der Waals surface area contributed by atoms with Gasteiger partial charge in [0.2, 0.25) is 0 Å². The fraction of sp³-hybridized carbons (Fsp3) is 0.500. The first-order valence-electron chi connectivity index (χ1n) is 10.2. The van der Waals surface area contributed by atoms with Crippen molar-refractivity contribution in [3.05, 3.63) is 70.8 Å². The van der Waals surface area contributed by atoms with Crippen molar-refractivity contribution in [3.8, 4) is 0 Å². The summed E-state index contributed by atoms with van der Waals surface area (Å²) in [6, 6.07) is 17.7. The molecule has 1 saturated heterocycles. The van der Waals surface area contributed by atoms with Crippen LogP contribution in [-0.2, 0) is 22.3 Å². The molecule has 1 aliphatic heterocycles. The third-order valence-electron chi connectivity index (χ3n) is 5.21. The third-order valence-corrected chi connectivity index (χ3v) is 5.21. The molecule has 0 unspecified atom stereocenters. The first kappa shape index (κ1) is 19.1. The lowest BCUT2D eigenvalue weighted by Crippen LogP contribution is -2.25. The highest BCUT2D eigenvalue weighted by Gasteiger charge is 2.24. The molecular weight excluding hydrogens is 320 g/mol. The summed E-state index contributed by atoms with van der Waals surface area (Å²) in [7, 11) is 0. The molecule has 2 atom stereocenters. The highest BCUT2D eigenvalue weighted by molar-refractivity contribution is 5.26. The zero-order valence-corrected chi connectivity index (χ0v) is 16.2. The molecule has 2 aromatic rings. The van der Waals surface area contributed by atoms with Crippen LogP contribution in [0.25, 0.3) is 0 Å². The monoisotopic (exact) mass is 352 g/mol. The van der Waals surface area contributed by atoms with Gasteiger partial charge in [0.05, 0.1) is 13.2 Å². The number of hydrogen-bond donors (Lipinski definition) is 0. The van der Waals surface area contributed by atoms with Crippen LogP contribution in [0, 0.1) is 0 Å². The van der Waals surface area contributed by atoms with Gasteiger partial charge in [-0.15, -0.1) is 0 Å². The van der Waals surface area contributed by atoms with Crippen LogP contribution in [0.2, 0.25) is 0 Å². The van der Waals surface area contributed by atoms with Crippen molar-refractivity contribution in [3.63, 3.8) is 0 Å². The van der Waals surface area contributed by atoms with Crippen LogP contribution < -0.4 is 0 Å². The van der Waals surface area contributed by atoms with Gasteiger partial charge in [-0.2, -0.15) is 0 Å². The summed E-state index contributed by atoms with van der Waals surface area (Å²) in [5, 5.41) is 0. The van der Waals surface area contributed by atoms with Crippen LogP contribution in [0.4, 0.5) is 0 Å². The summed E-state index contributed by atoms with van der Waals surface area (Å²) in [6.07, 6.45) is 7.45. The van der Waals surface area contributed by atoms with Gasteiger partial charge >= 0.3 is 0 Å². The maximum Gasteiger partial charge on any atom is 0.106 e. The zero-order chi connectivity index (χ0) is 18.2. The molecule has 0 bridgehead atoms. The standard InChI is InChI=1S/C24H32O2/c1-3-5-6-8-20-11-15-22(16-12-20)24-18-25-23(17-26-24)21-13-9-19(7-4-2)10-14-21/h9-16,23-24H,3-8,17-18H2,1-2H3/t23-,24+/m1/s1. The molecule has 0 aliphatic carbocycles. The van der Waals surface area contributed by atoms with Crippen LogP contribution in [0.3, 0.4) is 0 Å². The molecule has 0 aromatic heterocycles. The first-order chi connectivity index (χ1) is 12.8. The molecule has 3 rings (SSSR count). The van der Waals surface area contributed by atoms with Crippen molar-refractivity contribution in [2.75, 3.05) is 13.2 Å². The Labute approximate surface area is 158 Å². The van der Waals surface area contributed by atoms with E-state index < -0.39 is 0 Å². The molecule has 26 heavy (non-hydrogen) atoms. The van der Waals surface area contributed by atoms with E-state index in [4.69, 9.17) is 9.47 Å². The number of benzene rings is 2. The van der Waals surface area contributed by atoms with Gasteiger partial charge in [0.1, 0.15) is 12.2 Å².